The number of halogens is 2. The molecule has 2 aliphatic rings. The number of ketones is 1. The van der Waals surface area contributed by atoms with Crippen LogP contribution in [0.1, 0.15) is 48.7 Å². The molecule has 0 aromatic heterocycles. The van der Waals surface area contributed by atoms with Gasteiger partial charge in [-0.3, -0.25) is 4.79 Å². The molecule has 0 bridgehead atoms. The fourth-order valence-corrected chi connectivity index (χ4v) is 4.56. The SMILES string of the molecule is CC1(C)CC(=O)C2=C(C1)Nc1cc(C(=O)O)ccc1NC2c1ccc(Cl)cc1Cl. The number of hydrogen-bond acceptors (Lipinski definition) is 4. The third-order valence-electron chi connectivity index (χ3n) is 5.33. The van der Waals surface area contributed by atoms with E-state index in [4.69, 9.17) is 23.2 Å². The van der Waals surface area contributed by atoms with E-state index in [1.165, 1.54) is 6.07 Å². The molecule has 1 heterocycles. The molecular formula is C22H20Cl2N2O3. The van der Waals surface area contributed by atoms with Crippen LogP contribution in [0.3, 0.4) is 0 Å². The quantitative estimate of drug-likeness (QED) is 0.551. The van der Waals surface area contributed by atoms with Gasteiger partial charge < -0.3 is 15.7 Å². The third-order valence-corrected chi connectivity index (χ3v) is 5.90. The van der Waals surface area contributed by atoms with Crippen molar-refractivity contribution in [1.29, 1.82) is 0 Å². The molecule has 1 atom stereocenters. The Morgan fingerprint density at radius 2 is 1.86 bits per heavy atom. The van der Waals surface area contributed by atoms with Gasteiger partial charge in [0.2, 0.25) is 0 Å². The average molecular weight is 431 g/mol. The summed E-state index contributed by atoms with van der Waals surface area (Å²) >= 11 is 12.6. The van der Waals surface area contributed by atoms with Crippen LogP contribution in [-0.2, 0) is 4.79 Å². The van der Waals surface area contributed by atoms with E-state index >= 15 is 0 Å². The van der Waals surface area contributed by atoms with Crippen LogP contribution in [0.5, 0.6) is 0 Å². The summed E-state index contributed by atoms with van der Waals surface area (Å²) in [5, 5.41) is 17.1. The van der Waals surface area contributed by atoms with E-state index in [9.17, 15) is 14.7 Å². The Labute approximate surface area is 178 Å². The van der Waals surface area contributed by atoms with E-state index in [0.717, 1.165) is 11.3 Å². The number of benzene rings is 2. The number of Topliss-reactive ketones (excluding diaryl/α,β-unsaturated/α-hetero) is 1. The molecule has 5 nitrogen and oxygen atoms in total. The topological polar surface area (TPSA) is 78.4 Å². The number of allylic oxidation sites excluding steroid dienone is 1. The summed E-state index contributed by atoms with van der Waals surface area (Å²) in [4.78, 5) is 24.6. The van der Waals surface area contributed by atoms with Gasteiger partial charge in [-0.2, -0.15) is 0 Å². The molecule has 4 rings (SSSR count). The van der Waals surface area contributed by atoms with Crippen molar-refractivity contribution in [2.75, 3.05) is 10.6 Å². The van der Waals surface area contributed by atoms with E-state index in [2.05, 4.69) is 10.6 Å². The zero-order valence-electron chi connectivity index (χ0n) is 16.0. The first-order valence-corrected chi connectivity index (χ1v) is 10.0. The van der Waals surface area contributed by atoms with Crippen molar-refractivity contribution in [3.05, 3.63) is 68.8 Å². The van der Waals surface area contributed by atoms with Gasteiger partial charge in [0.15, 0.2) is 5.78 Å². The van der Waals surface area contributed by atoms with Crippen LogP contribution in [0.15, 0.2) is 47.7 Å². The molecule has 2 aromatic rings. The van der Waals surface area contributed by atoms with Crippen LogP contribution in [0.4, 0.5) is 11.4 Å². The Morgan fingerprint density at radius 1 is 1.10 bits per heavy atom. The second kappa shape index (κ2) is 7.08. The van der Waals surface area contributed by atoms with Gasteiger partial charge in [-0.05, 0) is 47.7 Å². The molecule has 1 aliphatic carbocycles. The molecule has 150 valence electrons. The molecule has 0 amide bonds. The van der Waals surface area contributed by atoms with Crippen molar-refractivity contribution in [3.8, 4) is 0 Å². The Kier molecular flexibility index (Phi) is 4.83. The van der Waals surface area contributed by atoms with E-state index in [-0.39, 0.29) is 16.8 Å². The molecule has 0 fully saturated rings. The number of hydrogen-bond donors (Lipinski definition) is 3. The number of rotatable bonds is 2. The van der Waals surface area contributed by atoms with Crippen molar-refractivity contribution in [3.63, 3.8) is 0 Å². The minimum absolute atomic E-state index is 0.0403. The Bertz CT molecular complexity index is 1080. The van der Waals surface area contributed by atoms with Gasteiger partial charge in [0.1, 0.15) is 0 Å². The highest BCUT2D eigenvalue weighted by Crippen LogP contribution is 2.46. The van der Waals surface area contributed by atoms with Gasteiger partial charge in [-0.15, -0.1) is 0 Å². The third kappa shape index (κ3) is 3.72. The van der Waals surface area contributed by atoms with Crippen LogP contribution >= 0.6 is 23.2 Å². The van der Waals surface area contributed by atoms with Crippen molar-refractivity contribution in [1.82, 2.24) is 0 Å². The number of carbonyl (C=O) groups excluding carboxylic acids is 1. The second-order valence-corrected chi connectivity index (χ2v) is 9.11. The predicted molar refractivity (Wildman–Crippen MR) is 115 cm³/mol. The van der Waals surface area contributed by atoms with Crippen LogP contribution in [0.2, 0.25) is 10.0 Å². The molecular weight excluding hydrogens is 411 g/mol. The second-order valence-electron chi connectivity index (χ2n) is 8.27. The van der Waals surface area contributed by atoms with E-state index in [0.29, 0.717) is 39.8 Å². The Morgan fingerprint density at radius 3 is 2.55 bits per heavy atom. The van der Waals surface area contributed by atoms with Gasteiger partial charge in [-0.1, -0.05) is 43.1 Å². The maximum absolute atomic E-state index is 13.2. The molecule has 0 saturated carbocycles. The van der Waals surface area contributed by atoms with Crippen molar-refractivity contribution in [2.24, 2.45) is 5.41 Å². The molecule has 1 aliphatic heterocycles. The van der Waals surface area contributed by atoms with Crippen molar-refractivity contribution in [2.45, 2.75) is 32.7 Å². The van der Waals surface area contributed by atoms with Gasteiger partial charge in [0.05, 0.1) is 23.0 Å². The zero-order valence-corrected chi connectivity index (χ0v) is 17.5. The lowest BCUT2D eigenvalue weighted by Gasteiger charge is -2.34. The molecule has 1 unspecified atom stereocenters. The van der Waals surface area contributed by atoms with Crippen LogP contribution in [0, 0.1) is 5.41 Å². The summed E-state index contributed by atoms with van der Waals surface area (Å²) in [5.74, 6) is -0.969. The highest BCUT2D eigenvalue weighted by atomic mass is 35.5. The first kappa shape index (κ1) is 19.8. The molecule has 0 spiro atoms. The normalized spacial score (nSPS) is 20.1. The summed E-state index contributed by atoms with van der Waals surface area (Å²) in [6.45, 7) is 4.10. The monoisotopic (exact) mass is 430 g/mol. The highest BCUT2D eigenvalue weighted by molar-refractivity contribution is 6.35. The van der Waals surface area contributed by atoms with Crippen molar-refractivity contribution >= 4 is 46.3 Å². The van der Waals surface area contributed by atoms with Gasteiger partial charge in [0, 0.05) is 27.7 Å². The number of anilines is 2. The van der Waals surface area contributed by atoms with Crippen LogP contribution in [0.25, 0.3) is 0 Å². The number of nitrogens with one attached hydrogen (secondary N) is 2. The van der Waals surface area contributed by atoms with Crippen LogP contribution < -0.4 is 10.6 Å². The minimum atomic E-state index is -1.01. The Hall–Kier alpha value is -2.50. The van der Waals surface area contributed by atoms with Gasteiger partial charge >= 0.3 is 5.97 Å². The summed E-state index contributed by atoms with van der Waals surface area (Å²) < 4.78 is 0. The lowest BCUT2D eigenvalue weighted by molar-refractivity contribution is -0.118. The lowest BCUT2D eigenvalue weighted by Crippen LogP contribution is -2.31. The summed E-state index contributed by atoms with van der Waals surface area (Å²) in [6, 6.07) is 9.56. The number of carbonyl (C=O) groups is 2. The molecule has 29 heavy (non-hydrogen) atoms. The lowest BCUT2D eigenvalue weighted by atomic mass is 9.73. The summed E-state index contributed by atoms with van der Waals surface area (Å²) in [7, 11) is 0. The fraction of sp³-hybridized carbons (Fsp3) is 0.273. The summed E-state index contributed by atoms with van der Waals surface area (Å²) in [5.41, 5.74) is 3.45. The first-order valence-electron chi connectivity index (χ1n) is 9.27. The molecule has 0 saturated heterocycles. The largest absolute Gasteiger partial charge is 0.478 e. The maximum atomic E-state index is 13.2. The summed E-state index contributed by atoms with van der Waals surface area (Å²) in [6.07, 6.45) is 1.09. The number of fused-ring (bicyclic) bond motifs is 1. The minimum Gasteiger partial charge on any atom is -0.478 e. The molecule has 7 heteroatoms. The molecule has 3 N–H and O–H groups in total. The van der Waals surface area contributed by atoms with Crippen LogP contribution in [-0.4, -0.2) is 16.9 Å². The fourth-order valence-electron chi connectivity index (χ4n) is 4.05. The number of aromatic carboxylic acids is 1. The molecule has 2 aromatic carbocycles. The van der Waals surface area contributed by atoms with Gasteiger partial charge in [0.25, 0.3) is 0 Å². The van der Waals surface area contributed by atoms with E-state index < -0.39 is 12.0 Å². The predicted octanol–water partition coefficient (Wildman–Crippen LogP) is 5.91. The van der Waals surface area contributed by atoms with E-state index in [1.54, 1.807) is 24.3 Å². The van der Waals surface area contributed by atoms with Crippen molar-refractivity contribution < 1.29 is 14.7 Å². The standard InChI is InChI=1S/C22H20Cl2N2O3/c1-22(2)9-17-19(18(27)10-22)20(13-5-4-12(23)8-14(13)24)26-15-6-3-11(21(28)29)7-16(15)25-17/h3-8,20,25-26H,9-10H2,1-2H3,(H,28,29). The van der Waals surface area contributed by atoms with Gasteiger partial charge in [-0.25, -0.2) is 4.79 Å². The zero-order chi connectivity index (χ0) is 20.9. The highest BCUT2D eigenvalue weighted by Gasteiger charge is 2.39. The first-order chi connectivity index (χ1) is 13.6. The number of carboxylic acid groups (broad SMARTS) is 1. The van der Waals surface area contributed by atoms with E-state index in [1.807, 2.05) is 19.9 Å². The Balaban J connectivity index is 1.91. The molecule has 0 radical (unpaired) electrons. The smallest absolute Gasteiger partial charge is 0.335 e. The maximum Gasteiger partial charge on any atom is 0.335 e. The number of carboxylic acids is 1. The average Bonchev–Trinajstić information content (AvgIpc) is 2.76.